The van der Waals surface area contributed by atoms with E-state index in [1.54, 1.807) is 12.4 Å². The van der Waals surface area contributed by atoms with Crippen molar-refractivity contribution < 1.29 is 0 Å². The fourth-order valence-electron chi connectivity index (χ4n) is 1.18. The molecule has 0 spiro atoms. The number of nitrogens with zero attached hydrogens (tertiary/aromatic N) is 5. The Morgan fingerprint density at radius 3 is 2.87 bits per heavy atom. The average Bonchev–Trinajstić information content (AvgIpc) is 2.40. The Morgan fingerprint density at radius 1 is 1.33 bits per heavy atom. The minimum atomic E-state index is 0.00157. The Labute approximate surface area is 88.4 Å². The molecule has 0 saturated carbocycles. The van der Waals surface area contributed by atoms with E-state index in [9.17, 15) is 0 Å². The predicted molar refractivity (Wildman–Crippen MR) is 58.3 cm³/mol. The van der Waals surface area contributed by atoms with Crippen LogP contribution in [0.2, 0.25) is 0 Å². The molecule has 78 valence electrons. The topological polar surface area (TPSA) is 62.9 Å². The lowest BCUT2D eigenvalue weighted by Crippen LogP contribution is -1.97. The van der Waals surface area contributed by atoms with Crippen molar-refractivity contribution in [2.24, 2.45) is 15.2 Å². The van der Waals surface area contributed by atoms with E-state index in [-0.39, 0.29) is 6.04 Å². The number of aromatic nitrogens is 2. The average molecular weight is 203 g/mol. The first kappa shape index (κ1) is 9.89. The molecule has 15 heavy (non-hydrogen) atoms. The molecule has 0 amide bonds. The lowest BCUT2D eigenvalue weighted by molar-refractivity contribution is 0.774. The quantitative estimate of drug-likeness (QED) is 0.704. The number of azo groups is 1. The van der Waals surface area contributed by atoms with Crippen LogP contribution in [-0.2, 0) is 0 Å². The van der Waals surface area contributed by atoms with Gasteiger partial charge in [-0.1, -0.05) is 13.8 Å². The van der Waals surface area contributed by atoms with E-state index in [4.69, 9.17) is 0 Å². The minimum absolute atomic E-state index is 0.00157. The van der Waals surface area contributed by atoms with E-state index in [0.29, 0.717) is 17.4 Å². The fraction of sp³-hybridized carbons (Fsp3) is 0.500. The van der Waals surface area contributed by atoms with E-state index in [1.165, 1.54) is 0 Å². The second kappa shape index (κ2) is 3.84. The molecule has 1 aliphatic rings. The maximum Gasteiger partial charge on any atom is 0.183 e. The molecular formula is C10H13N5. The number of aliphatic imine (C=N–C) groups is 1. The summed E-state index contributed by atoms with van der Waals surface area (Å²) in [6, 6.07) is 0.00157. The van der Waals surface area contributed by atoms with Gasteiger partial charge in [0.05, 0.1) is 6.20 Å². The number of hydrogen-bond donors (Lipinski definition) is 0. The normalized spacial score (nSPS) is 19.1. The van der Waals surface area contributed by atoms with Crippen LogP contribution in [0.3, 0.4) is 0 Å². The van der Waals surface area contributed by atoms with Gasteiger partial charge in [0.2, 0.25) is 0 Å². The van der Waals surface area contributed by atoms with Gasteiger partial charge in [0, 0.05) is 12.1 Å². The molecule has 1 atom stereocenters. The van der Waals surface area contributed by atoms with Gasteiger partial charge in [-0.2, -0.15) is 5.11 Å². The van der Waals surface area contributed by atoms with Crippen molar-refractivity contribution in [3.05, 3.63) is 12.0 Å². The second-order valence-corrected chi connectivity index (χ2v) is 3.83. The Kier molecular flexibility index (Phi) is 2.53. The van der Waals surface area contributed by atoms with Gasteiger partial charge in [-0.15, -0.1) is 5.11 Å². The summed E-state index contributed by atoms with van der Waals surface area (Å²) in [5.41, 5.74) is 0.639. The summed E-state index contributed by atoms with van der Waals surface area (Å²) >= 11 is 0. The van der Waals surface area contributed by atoms with E-state index in [2.05, 4.69) is 25.2 Å². The Balaban J connectivity index is 2.46. The Hall–Kier alpha value is -1.65. The Morgan fingerprint density at radius 2 is 2.13 bits per heavy atom. The van der Waals surface area contributed by atoms with Crippen molar-refractivity contribution in [1.29, 1.82) is 0 Å². The standard InChI is InChI=1S/C10H13N5/c1-6(2)9-12-5-8-10(13-9)11-4-7(3)14-15-8/h4-7H,1-3H3. The summed E-state index contributed by atoms with van der Waals surface area (Å²) in [6.07, 6.45) is 3.42. The van der Waals surface area contributed by atoms with Gasteiger partial charge in [0.15, 0.2) is 5.82 Å². The molecule has 0 aliphatic carbocycles. The summed E-state index contributed by atoms with van der Waals surface area (Å²) in [5, 5.41) is 8.08. The summed E-state index contributed by atoms with van der Waals surface area (Å²) in [7, 11) is 0. The van der Waals surface area contributed by atoms with Gasteiger partial charge in [0.25, 0.3) is 0 Å². The van der Waals surface area contributed by atoms with E-state index in [1.807, 2.05) is 20.8 Å². The molecule has 1 aromatic rings. The van der Waals surface area contributed by atoms with Crippen molar-refractivity contribution >= 4 is 17.7 Å². The van der Waals surface area contributed by atoms with Crippen LogP contribution in [0.4, 0.5) is 11.5 Å². The SMILES string of the molecule is CC1C=Nc2nc(C(C)C)ncc2N=N1. The highest BCUT2D eigenvalue weighted by Crippen LogP contribution is 2.28. The molecule has 2 heterocycles. The molecule has 1 unspecified atom stereocenters. The number of rotatable bonds is 1. The van der Waals surface area contributed by atoms with Crippen LogP contribution >= 0.6 is 0 Å². The van der Waals surface area contributed by atoms with Crippen molar-refractivity contribution in [3.8, 4) is 0 Å². The maximum absolute atomic E-state index is 4.34. The number of fused-ring (bicyclic) bond motifs is 1. The smallest absolute Gasteiger partial charge is 0.183 e. The third-order valence-electron chi connectivity index (χ3n) is 2.05. The summed E-state index contributed by atoms with van der Waals surface area (Å²) in [4.78, 5) is 12.8. The number of hydrogen-bond acceptors (Lipinski definition) is 5. The molecule has 0 radical (unpaired) electrons. The highest BCUT2D eigenvalue weighted by molar-refractivity contribution is 5.72. The van der Waals surface area contributed by atoms with Crippen molar-refractivity contribution in [2.45, 2.75) is 32.7 Å². The van der Waals surface area contributed by atoms with Crippen LogP contribution < -0.4 is 0 Å². The van der Waals surface area contributed by atoms with Gasteiger partial charge in [0.1, 0.15) is 17.6 Å². The summed E-state index contributed by atoms with van der Waals surface area (Å²) in [5.74, 6) is 1.69. The lowest BCUT2D eigenvalue weighted by atomic mass is 10.2. The van der Waals surface area contributed by atoms with Gasteiger partial charge < -0.3 is 0 Å². The first-order valence-electron chi connectivity index (χ1n) is 4.99. The van der Waals surface area contributed by atoms with E-state index < -0.39 is 0 Å². The Bertz CT molecular complexity index is 422. The monoisotopic (exact) mass is 203 g/mol. The summed E-state index contributed by atoms with van der Waals surface area (Å²) in [6.45, 7) is 6.02. The molecule has 5 heteroatoms. The molecule has 0 saturated heterocycles. The first-order chi connectivity index (χ1) is 7.16. The molecule has 1 aliphatic heterocycles. The molecule has 0 bridgehead atoms. The first-order valence-corrected chi connectivity index (χ1v) is 4.99. The lowest BCUT2D eigenvalue weighted by Gasteiger charge is -2.04. The van der Waals surface area contributed by atoms with E-state index >= 15 is 0 Å². The van der Waals surface area contributed by atoms with E-state index in [0.717, 1.165) is 5.82 Å². The minimum Gasteiger partial charge on any atom is -0.239 e. The molecule has 0 aromatic carbocycles. The second-order valence-electron chi connectivity index (χ2n) is 3.83. The molecular weight excluding hydrogens is 190 g/mol. The van der Waals surface area contributed by atoms with Gasteiger partial charge in [-0.05, 0) is 6.92 Å². The summed E-state index contributed by atoms with van der Waals surface area (Å²) < 4.78 is 0. The van der Waals surface area contributed by atoms with Gasteiger partial charge in [-0.25, -0.2) is 15.0 Å². The predicted octanol–water partition coefficient (Wildman–Crippen LogP) is 2.79. The van der Waals surface area contributed by atoms with Crippen LogP contribution in [0.5, 0.6) is 0 Å². The van der Waals surface area contributed by atoms with Crippen molar-refractivity contribution in [1.82, 2.24) is 9.97 Å². The van der Waals surface area contributed by atoms with Crippen molar-refractivity contribution in [2.75, 3.05) is 0 Å². The van der Waals surface area contributed by atoms with Crippen LogP contribution in [0.15, 0.2) is 21.4 Å². The molecule has 0 N–H and O–H groups in total. The third kappa shape index (κ3) is 2.06. The van der Waals surface area contributed by atoms with Crippen LogP contribution in [0.1, 0.15) is 32.5 Å². The largest absolute Gasteiger partial charge is 0.239 e. The van der Waals surface area contributed by atoms with Gasteiger partial charge in [-0.3, -0.25) is 0 Å². The fourth-order valence-corrected chi connectivity index (χ4v) is 1.18. The van der Waals surface area contributed by atoms with Crippen LogP contribution in [-0.4, -0.2) is 22.2 Å². The van der Waals surface area contributed by atoms with Crippen molar-refractivity contribution in [3.63, 3.8) is 0 Å². The molecule has 1 aromatic heterocycles. The van der Waals surface area contributed by atoms with Crippen LogP contribution in [0, 0.1) is 0 Å². The van der Waals surface area contributed by atoms with Crippen LogP contribution in [0.25, 0.3) is 0 Å². The zero-order chi connectivity index (χ0) is 10.8. The zero-order valence-electron chi connectivity index (χ0n) is 9.05. The maximum atomic E-state index is 4.34. The molecule has 5 nitrogen and oxygen atoms in total. The third-order valence-corrected chi connectivity index (χ3v) is 2.05. The highest BCUT2D eigenvalue weighted by atomic mass is 15.2. The van der Waals surface area contributed by atoms with Gasteiger partial charge >= 0.3 is 0 Å². The molecule has 0 fully saturated rings. The molecule has 2 rings (SSSR count). The zero-order valence-corrected chi connectivity index (χ0v) is 9.05. The highest BCUT2D eigenvalue weighted by Gasteiger charge is 2.11.